The van der Waals surface area contributed by atoms with Gasteiger partial charge < -0.3 is 5.73 Å². The molecular formula is C12H22F2N2. The van der Waals surface area contributed by atoms with Crippen LogP contribution in [0.2, 0.25) is 0 Å². The third-order valence-corrected chi connectivity index (χ3v) is 2.40. The monoisotopic (exact) mass is 232 g/mol. The third kappa shape index (κ3) is 4.73. The number of aliphatic imine (C=N–C) groups is 1. The summed E-state index contributed by atoms with van der Waals surface area (Å²) >= 11 is 0. The van der Waals surface area contributed by atoms with E-state index >= 15 is 0 Å². The Balaban J connectivity index is 0.00000106. The molecule has 94 valence electrons. The Hall–Kier alpha value is -0.930. The van der Waals surface area contributed by atoms with Gasteiger partial charge in [0, 0.05) is 17.7 Å². The quantitative estimate of drug-likeness (QED) is 0.741. The van der Waals surface area contributed by atoms with E-state index in [1.54, 1.807) is 6.08 Å². The smallest absolute Gasteiger partial charge is 0.142 e. The van der Waals surface area contributed by atoms with Crippen LogP contribution in [-0.2, 0) is 0 Å². The van der Waals surface area contributed by atoms with Gasteiger partial charge in [0.2, 0.25) is 0 Å². The Morgan fingerprint density at radius 2 is 2.00 bits per heavy atom. The highest BCUT2D eigenvalue weighted by Crippen LogP contribution is 2.22. The number of hydrogen-bond acceptors (Lipinski definition) is 2. The van der Waals surface area contributed by atoms with Gasteiger partial charge in [-0.15, -0.1) is 0 Å². The number of rotatable bonds is 1. The number of nitrogens with zero attached hydrogens (tertiary/aromatic N) is 1. The molecule has 0 spiro atoms. The predicted octanol–water partition coefficient (Wildman–Crippen LogP) is 3.03. The third-order valence-electron chi connectivity index (χ3n) is 2.40. The van der Waals surface area contributed by atoms with E-state index in [0.717, 1.165) is 13.0 Å². The van der Waals surface area contributed by atoms with E-state index in [2.05, 4.69) is 4.99 Å². The van der Waals surface area contributed by atoms with Crippen LogP contribution in [0.3, 0.4) is 0 Å². The highest BCUT2D eigenvalue weighted by atomic mass is 19.1. The lowest BCUT2D eigenvalue weighted by Gasteiger charge is -2.21. The van der Waals surface area contributed by atoms with Crippen molar-refractivity contribution >= 4 is 5.71 Å². The van der Waals surface area contributed by atoms with Crippen LogP contribution in [0.25, 0.3) is 0 Å². The molecule has 0 bridgehead atoms. The van der Waals surface area contributed by atoms with Gasteiger partial charge in [0.1, 0.15) is 6.17 Å². The van der Waals surface area contributed by atoms with Gasteiger partial charge in [-0.25, -0.2) is 4.39 Å². The van der Waals surface area contributed by atoms with Crippen LogP contribution >= 0.6 is 0 Å². The largest absolute Gasteiger partial charge is 0.402 e. The standard InChI is InChI=1S/C11H19FN2.CH3F/c1-11(2,3)10(13)7-9-8(12)5-4-6-14-9;1-2/h7-8H,4-6,13H2,1-3H3;1H3/b10-7-;. The van der Waals surface area contributed by atoms with Crippen molar-refractivity contribution in [2.75, 3.05) is 13.7 Å². The van der Waals surface area contributed by atoms with E-state index in [-0.39, 0.29) is 5.41 Å². The number of allylic oxidation sites excluding steroid dienone is 2. The molecule has 4 heteroatoms. The summed E-state index contributed by atoms with van der Waals surface area (Å²) in [5.41, 5.74) is 6.96. The van der Waals surface area contributed by atoms with Crippen molar-refractivity contribution in [2.24, 2.45) is 16.1 Å². The number of alkyl halides is 2. The van der Waals surface area contributed by atoms with Crippen LogP contribution < -0.4 is 5.73 Å². The summed E-state index contributed by atoms with van der Waals surface area (Å²) in [6, 6.07) is 0. The van der Waals surface area contributed by atoms with Crippen molar-refractivity contribution in [2.45, 2.75) is 39.8 Å². The zero-order chi connectivity index (χ0) is 12.8. The Kier molecular flexibility index (Phi) is 6.22. The Morgan fingerprint density at radius 3 is 2.44 bits per heavy atom. The molecule has 0 aromatic carbocycles. The molecule has 1 aliphatic rings. The van der Waals surface area contributed by atoms with Crippen LogP contribution in [0, 0.1) is 5.41 Å². The number of halogens is 2. The van der Waals surface area contributed by atoms with Gasteiger partial charge in [0.15, 0.2) is 0 Å². The van der Waals surface area contributed by atoms with Crippen molar-refractivity contribution in [1.82, 2.24) is 0 Å². The van der Waals surface area contributed by atoms with Crippen LogP contribution in [0.4, 0.5) is 8.78 Å². The van der Waals surface area contributed by atoms with Crippen molar-refractivity contribution in [1.29, 1.82) is 0 Å². The van der Waals surface area contributed by atoms with E-state index in [0.29, 0.717) is 25.0 Å². The highest BCUT2D eigenvalue weighted by molar-refractivity contribution is 5.99. The second-order valence-electron chi connectivity index (χ2n) is 4.77. The van der Waals surface area contributed by atoms with E-state index in [9.17, 15) is 8.78 Å². The van der Waals surface area contributed by atoms with Gasteiger partial charge in [-0.05, 0) is 18.9 Å². The zero-order valence-electron chi connectivity index (χ0n) is 10.6. The second-order valence-corrected chi connectivity index (χ2v) is 4.77. The lowest BCUT2D eigenvalue weighted by atomic mass is 9.90. The zero-order valence-corrected chi connectivity index (χ0v) is 10.6. The highest BCUT2D eigenvalue weighted by Gasteiger charge is 2.20. The molecule has 0 aliphatic carbocycles. The van der Waals surface area contributed by atoms with Crippen molar-refractivity contribution in [3.05, 3.63) is 11.8 Å². The summed E-state index contributed by atoms with van der Waals surface area (Å²) in [5.74, 6) is 0. The Morgan fingerprint density at radius 1 is 1.44 bits per heavy atom. The van der Waals surface area contributed by atoms with Crippen LogP contribution in [0.5, 0.6) is 0 Å². The minimum Gasteiger partial charge on any atom is -0.402 e. The maximum absolute atomic E-state index is 13.4. The first-order chi connectivity index (χ1) is 7.41. The van der Waals surface area contributed by atoms with Crippen molar-refractivity contribution in [3.63, 3.8) is 0 Å². The topological polar surface area (TPSA) is 38.4 Å². The summed E-state index contributed by atoms with van der Waals surface area (Å²) < 4.78 is 22.9. The molecule has 0 saturated heterocycles. The van der Waals surface area contributed by atoms with Gasteiger partial charge in [0.25, 0.3) is 0 Å². The summed E-state index contributed by atoms with van der Waals surface area (Å²) in [7, 11) is 0.500. The summed E-state index contributed by atoms with van der Waals surface area (Å²) in [6.45, 7) is 6.75. The molecule has 0 aromatic heterocycles. The fourth-order valence-corrected chi connectivity index (χ4v) is 1.24. The van der Waals surface area contributed by atoms with Crippen molar-refractivity contribution in [3.8, 4) is 0 Å². The minimum absolute atomic E-state index is 0.111. The van der Waals surface area contributed by atoms with Gasteiger partial charge in [-0.2, -0.15) is 0 Å². The minimum atomic E-state index is -0.926. The number of hydrogen-bond donors (Lipinski definition) is 1. The maximum Gasteiger partial charge on any atom is 0.142 e. The lowest BCUT2D eigenvalue weighted by molar-refractivity contribution is 0.384. The van der Waals surface area contributed by atoms with Gasteiger partial charge in [-0.3, -0.25) is 9.38 Å². The molecule has 0 fully saturated rings. The SMILES string of the molecule is CC(C)(C)/C(N)=C/C1=NCCCC1F.CF. The van der Waals surface area contributed by atoms with E-state index < -0.39 is 6.17 Å². The first kappa shape index (κ1) is 15.1. The number of nitrogens with two attached hydrogens (primary N) is 1. The molecule has 16 heavy (non-hydrogen) atoms. The molecule has 1 aliphatic heterocycles. The van der Waals surface area contributed by atoms with Gasteiger partial charge >= 0.3 is 0 Å². The molecule has 0 amide bonds. The van der Waals surface area contributed by atoms with Crippen LogP contribution in [0.1, 0.15) is 33.6 Å². The van der Waals surface area contributed by atoms with E-state index in [4.69, 9.17) is 5.73 Å². The van der Waals surface area contributed by atoms with Gasteiger partial charge in [-0.1, -0.05) is 20.8 Å². The van der Waals surface area contributed by atoms with E-state index in [1.807, 2.05) is 20.8 Å². The second kappa shape index (κ2) is 6.61. The normalized spacial score (nSPS) is 22.0. The van der Waals surface area contributed by atoms with Crippen LogP contribution in [0.15, 0.2) is 16.8 Å². The first-order valence-electron chi connectivity index (χ1n) is 5.45. The molecule has 1 heterocycles. The summed E-state index contributed by atoms with van der Waals surface area (Å²) in [4.78, 5) is 4.15. The van der Waals surface area contributed by atoms with Gasteiger partial charge in [0.05, 0.1) is 12.9 Å². The maximum atomic E-state index is 13.4. The summed E-state index contributed by atoms with van der Waals surface area (Å²) in [5, 5.41) is 0. The molecule has 2 nitrogen and oxygen atoms in total. The molecule has 0 saturated carbocycles. The Bertz CT molecular complexity index is 265. The Labute approximate surface area is 96.6 Å². The van der Waals surface area contributed by atoms with Crippen molar-refractivity contribution < 1.29 is 8.78 Å². The predicted molar refractivity (Wildman–Crippen MR) is 65.2 cm³/mol. The fraction of sp³-hybridized carbons (Fsp3) is 0.750. The first-order valence-corrected chi connectivity index (χ1v) is 5.45. The molecule has 1 unspecified atom stereocenters. The van der Waals surface area contributed by atoms with Crippen LogP contribution in [-0.4, -0.2) is 25.6 Å². The molecule has 2 N–H and O–H groups in total. The average Bonchev–Trinajstić information content (AvgIpc) is 2.23. The fourth-order valence-electron chi connectivity index (χ4n) is 1.24. The molecule has 0 aromatic rings. The lowest BCUT2D eigenvalue weighted by Crippen LogP contribution is -2.24. The van der Waals surface area contributed by atoms with E-state index in [1.165, 1.54) is 0 Å². The molecule has 1 atom stereocenters. The summed E-state index contributed by atoms with van der Waals surface area (Å²) in [6.07, 6.45) is 2.19. The molecule has 1 rings (SSSR count). The molecule has 0 radical (unpaired) electrons. The average molecular weight is 232 g/mol. The molecular weight excluding hydrogens is 210 g/mol.